The van der Waals surface area contributed by atoms with Crippen molar-refractivity contribution in [2.24, 2.45) is 0 Å². The third kappa shape index (κ3) is 2.26. The van der Waals surface area contributed by atoms with E-state index in [1.807, 2.05) is 18.0 Å². The summed E-state index contributed by atoms with van der Waals surface area (Å²) in [6.07, 6.45) is 4.20. The second-order valence-electron chi connectivity index (χ2n) is 2.43. The van der Waals surface area contributed by atoms with Crippen LogP contribution in [-0.4, -0.2) is 16.0 Å². The van der Waals surface area contributed by atoms with Gasteiger partial charge in [-0.15, -0.1) is 11.8 Å². The number of nitrogens with one attached hydrogen (secondary N) is 1. The SMILES string of the molecule is CCCSc1[nH]ncc1CC. The highest BCUT2D eigenvalue weighted by atomic mass is 32.2. The Balaban J connectivity index is 2.54. The van der Waals surface area contributed by atoms with Crippen LogP contribution in [0, 0.1) is 0 Å². The molecule has 1 aromatic heterocycles. The molecule has 0 saturated heterocycles. The minimum atomic E-state index is 1.07. The molecule has 0 spiro atoms. The molecule has 0 aliphatic rings. The molecular formula is C8H14N2S. The Kier molecular flexibility index (Phi) is 3.49. The summed E-state index contributed by atoms with van der Waals surface area (Å²) >= 11 is 1.86. The van der Waals surface area contributed by atoms with Gasteiger partial charge >= 0.3 is 0 Å². The third-order valence-corrected chi connectivity index (χ3v) is 2.76. The van der Waals surface area contributed by atoms with Gasteiger partial charge in [-0.2, -0.15) is 5.10 Å². The van der Waals surface area contributed by atoms with E-state index in [4.69, 9.17) is 0 Å². The zero-order chi connectivity index (χ0) is 8.10. The lowest BCUT2D eigenvalue weighted by Crippen LogP contribution is -1.82. The van der Waals surface area contributed by atoms with Crippen molar-refractivity contribution in [2.75, 3.05) is 5.75 Å². The molecular weight excluding hydrogens is 156 g/mol. The monoisotopic (exact) mass is 170 g/mol. The number of hydrogen-bond acceptors (Lipinski definition) is 2. The van der Waals surface area contributed by atoms with Gasteiger partial charge in [0.25, 0.3) is 0 Å². The van der Waals surface area contributed by atoms with Gasteiger partial charge in [0.05, 0.1) is 11.2 Å². The molecule has 0 bridgehead atoms. The molecule has 0 aromatic carbocycles. The molecule has 0 fully saturated rings. The van der Waals surface area contributed by atoms with E-state index in [-0.39, 0.29) is 0 Å². The van der Waals surface area contributed by atoms with Crippen LogP contribution in [0.1, 0.15) is 25.8 Å². The lowest BCUT2D eigenvalue weighted by molar-refractivity contribution is 0.978. The number of thioether (sulfide) groups is 1. The summed E-state index contributed by atoms with van der Waals surface area (Å²) in [5.41, 5.74) is 1.34. The first-order valence-electron chi connectivity index (χ1n) is 4.03. The first-order chi connectivity index (χ1) is 5.38. The zero-order valence-corrected chi connectivity index (χ0v) is 7.87. The van der Waals surface area contributed by atoms with Crippen molar-refractivity contribution in [3.05, 3.63) is 11.8 Å². The highest BCUT2D eigenvalue weighted by Gasteiger charge is 2.01. The summed E-state index contributed by atoms with van der Waals surface area (Å²) in [5, 5.41) is 8.25. The smallest absolute Gasteiger partial charge is 0.0939 e. The fraction of sp³-hybridized carbons (Fsp3) is 0.625. The summed E-state index contributed by atoms with van der Waals surface area (Å²) in [5.74, 6) is 1.18. The second-order valence-corrected chi connectivity index (χ2v) is 3.53. The number of aromatic nitrogens is 2. The van der Waals surface area contributed by atoms with E-state index in [2.05, 4.69) is 24.0 Å². The standard InChI is InChI=1S/C8H14N2S/c1-3-5-11-8-7(4-2)6-9-10-8/h6H,3-5H2,1-2H3,(H,9,10). The molecule has 1 rings (SSSR count). The molecule has 11 heavy (non-hydrogen) atoms. The Bertz CT molecular complexity index is 208. The van der Waals surface area contributed by atoms with E-state index >= 15 is 0 Å². The van der Waals surface area contributed by atoms with Crippen molar-refractivity contribution >= 4 is 11.8 Å². The van der Waals surface area contributed by atoms with Gasteiger partial charge in [0.1, 0.15) is 0 Å². The number of nitrogens with zero attached hydrogens (tertiary/aromatic N) is 1. The van der Waals surface area contributed by atoms with Crippen molar-refractivity contribution in [1.82, 2.24) is 10.2 Å². The summed E-state index contributed by atoms with van der Waals surface area (Å²) in [6, 6.07) is 0. The van der Waals surface area contributed by atoms with Crippen molar-refractivity contribution in [1.29, 1.82) is 0 Å². The lowest BCUT2D eigenvalue weighted by atomic mass is 10.3. The maximum atomic E-state index is 4.00. The summed E-state index contributed by atoms with van der Waals surface area (Å²) < 4.78 is 0. The molecule has 0 saturated carbocycles. The summed E-state index contributed by atoms with van der Waals surface area (Å²) in [7, 11) is 0. The highest BCUT2D eigenvalue weighted by molar-refractivity contribution is 7.99. The molecule has 1 N–H and O–H groups in total. The quantitative estimate of drug-likeness (QED) is 0.703. The fourth-order valence-corrected chi connectivity index (χ4v) is 1.79. The molecule has 0 atom stereocenters. The molecule has 3 heteroatoms. The van der Waals surface area contributed by atoms with Gasteiger partial charge in [0.2, 0.25) is 0 Å². The van der Waals surface area contributed by atoms with Gasteiger partial charge in [-0.25, -0.2) is 0 Å². The Morgan fingerprint density at radius 3 is 3.00 bits per heavy atom. The van der Waals surface area contributed by atoms with Crippen molar-refractivity contribution in [2.45, 2.75) is 31.7 Å². The Morgan fingerprint density at radius 2 is 2.36 bits per heavy atom. The maximum Gasteiger partial charge on any atom is 0.0939 e. The van der Waals surface area contributed by atoms with E-state index in [1.54, 1.807) is 0 Å². The Morgan fingerprint density at radius 1 is 1.55 bits per heavy atom. The fourth-order valence-electron chi connectivity index (χ4n) is 0.880. The summed E-state index contributed by atoms with van der Waals surface area (Å²) in [6.45, 7) is 4.34. The predicted molar refractivity (Wildman–Crippen MR) is 49.0 cm³/mol. The molecule has 0 amide bonds. The molecule has 2 nitrogen and oxygen atoms in total. The maximum absolute atomic E-state index is 4.00. The number of aromatic amines is 1. The van der Waals surface area contributed by atoms with Gasteiger partial charge in [0, 0.05) is 5.56 Å². The largest absolute Gasteiger partial charge is 0.272 e. The van der Waals surface area contributed by atoms with Gasteiger partial charge in [-0.3, -0.25) is 5.10 Å². The average Bonchev–Trinajstić information content (AvgIpc) is 2.47. The number of H-pyrrole nitrogens is 1. The van der Waals surface area contributed by atoms with Crippen LogP contribution in [0.25, 0.3) is 0 Å². The van der Waals surface area contributed by atoms with Crippen LogP contribution >= 0.6 is 11.8 Å². The molecule has 0 aliphatic heterocycles. The van der Waals surface area contributed by atoms with Crippen molar-refractivity contribution in [3.63, 3.8) is 0 Å². The number of aryl methyl sites for hydroxylation is 1. The van der Waals surface area contributed by atoms with E-state index in [1.165, 1.54) is 22.8 Å². The molecule has 62 valence electrons. The first-order valence-corrected chi connectivity index (χ1v) is 5.02. The predicted octanol–water partition coefficient (Wildman–Crippen LogP) is 2.47. The average molecular weight is 170 g/mol. The zero-order valence-electron chi connectivity index (χ0n) is 7.05. The Hall–Kier alpha value is -0.440. The van der Waals surface area contributed by atoms with Crippen molar-refractivity contribution in [3.8, 4) is 0 Å². The van der Waals surface area contributed by atoms with Crippen LogP contribution in [-0.2, 0) is 6.42 Å². The third-order valence-electron chi connectivity index (χ3n) is 1.51. The first kappa shape index (κ1) is 8.65. The van der Waals surface area contributed by atoms with Crippen LogP contribution in [0.2, 0.25) is 0 Å². The topological polar surface area (TPSA) is 28.7 Å². The lowest BCUT2D eigenvalue weighted by Gasteiger charge is -1.97. The minimum absolute atomic E-state index is 1.07. The van der Waals surface area contributed by atoms with Crippen LogP contribution in [0.4, 0.5) is 0 Å². The van der Waals surface area contributed by atoms with Gasteiger partial charge in [-0.1, -0.05) is 13.8 Å². The molecule has 0 radical (unpaired) electrons. The minimum Gasteiger partial charge on any atom is -0.272 e. The number of rotatable bonds is 4. The second kappa shape index (κ2) is 4.44. The van der Waals surface area contributed by atoms with E-state index in [0.717, 1.165) is 6.42 Å². The van der Waals surface area contributed by atoms with Gasteiger partial charge < -0.3 is 0 Å². The summed E-state index contributed by atoms with van der Waals surface area (Å²) in [4.78, 5) is 0. The number of hydrogen-bond donors (Lipinski definition) is 1. The van der Waals surface area contributed by atoms with Crippen LogP contribution in [0.15, 0.2) is 11.2 Å². The normalized spacial score (nSPS) is 10.4. The molecule has 1 aromatic rings. The van der Waals surface area contributed by atoms with Crippen molar-refractivity contribution < 1.29 is 0 Å². The molecule has 1 heterocycles. The van der Waals surface area contributed by atoms with Crippen LogP contribution in [0.5, 0.6) is 0 Å². The van der Waals surface area contributed by atoms with E-state index in [9.17, 15) is 0 Å². The van der Waals surface area contributed by atoms with Gasteiger partial charge in [0.15, 0.2) is 0 Å². The van der Waals surface area contributed by atoms with E-state index in [0.29, 0.717) is 0 Å². The van der Waals surface area contributed by atoms with E-state index < -0.39 is 0 Å². The molecule has 0 aliphatic carbocycles. The van der Waals surface area contributed by atoms with Crippen LogP contribution < -0.4 is 0 Å². The van der Waals surface area contributed by atoms with Gasteiger partial charge in [-0.05, 0) is 18.6 Å². The molecule has 0 unspecified atom stereocenters. The highest BCUT2D eigenvalue weighted by Crippen LogP contribution is 2.20. The Labute approximate surface area is 71.8 Å². The van der Waals surface area contributed by atoms with Crippen LogP contribution in [0.3, 0.4) is 0 Å².